The van der Waals surface area contributed by atoms with Crippen molar-refractivity contribution in [1.29, 1.82) is 0 Å². The molecule has 0 spiro atoms. The third-order valence-corrected chi connectivity index (χ3v) is 7.17. The quantitative estimate of drug-likeness (QED) is 0.285. The van der Waals surface area contributed by atoms with Gasteiger partial charge in [-0.15, -0.1) is 0 Å². The van der Waals surface area contributed by atoms with Crippen LogP contribution in [0.2, 0.25) is 0 Å². The lowest BCUT2D eigenvalue weighted by Gasteiger charge is -2.10. The average Bonchev–Trinajstić information content (AvgIpc) is 2.70. The standard InChI is InChI=1S/C21H19BrN2O5S2/c1-15-3-8-19(9-4-15)30(25,26)24-23-14-17-13-18(22)7-12-21(17)29-31(27,28)20-10-5-16(2)6-11-20/h3-14,24H,1-2H3. The van der Waals surface area contributed by atoms with E-state index >= 15 is 0 Å². The summed E-state index contributed by atoms with van der Waals surface area (Å²) in [5.41, 5.74) is 2.10. The maximum Gasteiger partial charge on any atom is 0.339 e. The van der Waals surface area contributed by atoms with Gasteiger partial charge in [-0.2, -0.15) is 21.9 Å². The van der Waals surface area contributed by atoms with Crippen molar-refractivity contribution in [2.24, 2.45) is 5.10 Å². The largest absolute Gasteiger partial charge is 0.378 e. The Balaban J connectivity index is 1.84. The van der Waals surface area contributed by atoms with E-state index in [0.29, 0.717) is 4.47 Å². The number of sulfonamides is 1. The molecular weight excluding hydrogens is 504 g/mol. The predicted molar refractivity (Wildman–Crippen MR) is 122 cm³/mol. The lowest BCUT2D eigenvalue weighted by Crippen LogP contribution is -2.18. The highest BCUT2D eigenvalue weighted by molar-refractivity contribution is 9.10. The van der Waals surface area contributed by atoms with Crippen LogP contribution in [0.5, 0.6) is 5.75 Å². The van der Waals surface area contributed by atoms with Crippen LogP contribution in [0.1, 0.15) is 16.7 Å². The SMILES string of the molecule is Cc1ccc(S(=O)(=O)NN=Cc2cc(Br)ccc2OS(=O)(=O)c2ccc(C)cc2)cc1. The summed E-state index contributed by atoms with van der Waals surface area (Å²) in [6.07, 6.45) is 1.18. The van der Waals surface area contributed by atoms with Crippen LogP contribution in [0, 0.1) is 13.8 Å². The van der Waals surface area contributed by atoms with Crippen LogP contribution in [-0.2, 0) is 20.1 Å². The maximum absolute atomic E-state index is 12.6. The van der Waals surface area contributed by atoms with Gasteiger partial charge in [-0.3, -0.25) is 0 Å². The summed E-state index contributed by atoms with van der Waals surface area (Å²) < 4.78 is 55.9. The molecule has 0 saturated heterocycles. The van der Waals surface area contributed by atoms with Gasteiger partial charge < -0.3 is 4.18 Å². The zero-order valence-electron chi connectivity index (χ0n) is 16.6. The topological polar surface area (TPSA) is 102 Å². The van der Waals surface area contributed by atoms with Gasteiger partial charge in [0.15, 0.2) is 5.75 Å². The zero-order valence-corrected chi connectivity index (χ0v) is 19.8. The summed E-state index contributed by atoms with van der Waals surface area (Å²) in [6.45, 7) is 3.69. The van der Waals surface area contributed by atoms with Gasteiger partial charge in [0.05, 0.1) is 11.1 Å². The van der Waals surface area contributed by atoms with E-state index in [1.165, 1.54) is 36.5 Å². The molecule has 10 heteroatoms. The van der Waals surface area contributed by atoms with Crippen molar-refractivity contribution >= 4 is 42.3 Å². The Morgan fingerprint density at radius 2 is 1.39 bits per heavy atom. The molecule has 1 N–H and O–H groups in total. The number of hydrogen-bond donors (Lipinski definition) is 1. The highest BCUT2D eigenvalue weighted by atomic mass is 79.9. The van der Waals surface area contributed by atoms with Crippen LogP contribution in [-0.4, -0.2) is 23.1 Å². The van der Waals surface area contributed by atoms with Crippen LogP contribution in [0.15, 0.2) is 86.1 Å². The van der Waals surface area contributed by atoms with E-state index in [2.05, 4.69) is 25.9 Å². The average molecular weight is 523 g/mol. The van der Waals surface area contributed by atoms with Crippen LogP contribution >= 0.6 is 15.9 Å². The molecule has 0 amide bonds. The minimum absolute atomic E-state index is 0.00191. The van der Waals surface area contributed by atoms with Crippen molar-refractivity contribution in [2.45, 2.75) is 23.6 Å². The lowest BCUT2D eigenvalue weighted by molar-refractivity contribution is 0.485. The first-order valence-electron chi connectivity index (χ1n) is 8.99. The lowest BCUT2D eigenvalue weighted by atomic mass is 10.2. The van der Waals surface area contributed by atoms with E-state index in [1.807, 2.05) is 13.8 Å². The summed E-state index contributed by atoms with van der Waals surface area (Å²) in [5.74, 6) is 0.00191. The van der Waals surface area contributed by atoms with Crippen LogP contribution in [0.3, 0.4) is 0 Å². The smallest absolute Gasteiger partial charge is 0.339 e. The molecule has 3 aromatic carbocycles. The molecule has 0 fully saturated rings. The number of aryl methyl sites for hydroxylation is 2. The number of halogens is 1. The zero-order chi connectivity index (χ0) is 22.6. The summed E-state index contributed by atoms with van der Waals surface area (Å²) in [5, 5.41) is 3.77. The number of hydrogen-bond acceptors (Lipinski definition) is 6. The summed E-state index contributed by atoms with van der Waals surface area (Å²) in [6, 6.07) is 17.1. The first-order valence-corrected chi connectivity index (χ1v) is 12.7. The molecule has 0 atom stereocenters. The Kier molecular flexibility index (Phi) is 6.83. The Hall–Kier alpha value is -2.69. The molecule has 0 bridgehead atoms. The summed E-state index contributed by atoms with van der Waals surface area (Å²) >= 11 is 3.30. The highest BCUT2D eigenvalue weighted by Crippen LogP contribution is 2.25. The van der Waals surface area contributed by atoms with Gasteiger partial charge in [-0.1, -0.05) is 51.3 Å². The summed E-state index contributed by atoms with van der Waals surface area (Å²) in [4.78, 5) is 2.17. The van der Waals surface area contributed by atoms with E-state index in [0.717, 1.165) is 11.1 Å². The van der Waals surface area contributed by atoms with Crippen molar-refractivity contribution in [3.8, 4) is 5.75 Å². The van der Waals surface area contributed by atoms with Gasteiger partial charge in [-0.25, -0.2) is 4.83 Å². The molecule has 0 aromatic heterocycles. The minimum atomic E-state index is -4.08. The third kappa shape index (κ3) is 5.93. The molecule has 3 rings (SSSR count). The number of rotatable bonds is 7. The Labute approximate surface area is 190 Å². The number of nitrogens with one attached hydrogen (secondary N) is 1. The van der Waals surface area contributed by atoms with Gasteiger partial charge in [0.25, 0.3) is 10.0 Å². The number of benzene rings is 3. The number of hydrazone groups is 1. The van der Waals surface area contributed by atoms with Gasteiger partial charge in [0.1, 0.15) is 4.90 Å². The molecule has 0 aliphatic rings. The van der Waals surface area contributed by atoms with Crippen molar-refractivity contribution in [3.05, 3.63) is 87.9 Å². The number of nitrogens with zero attached hydrogens (tertiary/aromatic N) is 1. The summed E-state index contributed by atoms with van der Waals surface area (Å²) in [7, 11) is -7.95. The van der Waals surface area contributed by atoms with E-state index in [-0.39, 0.29) is 21.1 Å². The van der Waals surface area contributed by atoms with Crippen LogP contribution < -0.4 is 9.01 Å². The van der Waals surface area contributed by atoms with Gasteiger partial charge in [-0.05, 0) is 56.3 Å². The van der Waals surface area contributed by atoms with E-state index in [9.17, 15) is 16.8 Å². The molecule has 0 aliphatic carbocycles. The first kappa shape index (κ1) is 23.0. The second-order valence-corrected chi connectivity index (χ2v) is 10.8. The van der Waals surface area contributed by atoms with E-state index in [1.54, 1.807) is 36.4 Å². The highest BCUT2D eigenvalue weighted by Gasteiger charge is 2.18. The minimum Gasteiger partial charge on any atom is -0.378 e. The molecule has 0 unspecified atom stereocenters. The fourth-order valence-corrected chi connectivity index (χ4v) is 4.63. The fourth-order valence-electron chi connectivity index (χ4n) is 2.50. The molecule has 0 radical (unpaired) electrons. The molecule has 3 aromatic rings. The van der Waals surface area contributed by atoms with Crippen molar-refractivity contribution in [2.75, 3.05) is 0 Å². The molecule has 0 saturated carbocycles. The van der Waals surface area contributed by atoms with Crippen molar-refractivity contribution < 1.29 is 21.0 Å². The molecule has 162 valence electrons. The second kappa shape index (κ2) is 9.21. The molecule has 7 nitrogen and oxygen atoms in total. The maximum atomic E-state index is 12.6. The van der Waals surface area contributed by atoms with Crippen molar-refractivity contribution in [3.63, 3.8) is 0 Å². The second-order valence-electron chi connectivity index (χ2n) is 6.70. The van der Waals surface area contributed by atoms with Crippen LogP contribution in [0.25, 0.3) is 0 Å². The first-order chi connectivity index (χ1) is 14.6. The molecule has 31 heavy (non-hydrogen) atoms. The van der Waals surface area contributed by atoms with Gasteiger partial charge in [0, 0.05) is 10.0 Å². The van der Waals surface area contributed by atoms with Gasteiger partial charge in [0.2, 0.25) is 0 Å². The Morgan fingerprint density at radius 3 is 1.97 bits per heavy atom. The molecular formula is C21H19BrN2O5S2. The van der Waals surface area contributed by atoms with Gasteiger partial charge >= 0.3 is 10.1 Å². The van der Waals surface area contributed by atoms with E-state index < -0.39 is 20.1 Å². The fraction of sp³-hybridized carbons (Fsp3) is 0.0952. The predicted octanol–water partition coefficient (Wildman–Crippen LogP) is 4.15. The van der Waals surface area contributed by atoms with E-state index in [4.69, 9.17) is 4.18 Å². The Morgan fingerprint density at radius 1 is 0.839 bits per heavy atom. The normalized spacial score (nSPS) is 12.1. The Bertz CT molecular complexity index is 1320. The molecule has 0 aliphatic heterocycles. The van der Waals surface area contributed by atoms with Crippen molar-refractivity contribution in [1.82, 2.24) is 4.83 Å². The monoisotopic (exact) mass is 522 g/mol. The van der Waals surface area contributed by atoms with Crippen LogP contribution in [0.4, 0.5) is 0 Å². The third-order valence-electron chi connectivity index (χ3n) is 4.19. The molecule has 0 heterocycles.